The van der Waals surface area contributed by atoms with E-state index in [1.165, 1.54) is 4.57 Å². The van der Waals surface area contributed by atoms with Crippen molar-refractivity contribution in [2.24, 2.45) is 0 Å². The van der Waals surface area contributed by atoms with Crippen LogP contribution in [0.1, 0.15) is 16.8 Å². The highest BCUT2D eigenvalue weighted by Crippen LogP contribution is 2.24. The lowest BCUT2D eigenvalue weighted by Crippen LogP contribution is -2.31. The molecule has 7 heteroatoms. The van der Waals surface area contributed by atoms with E-state index < -0.39 is 0 Å². The standard InChI is InChI=1S/C21H19Cl2N3O2/c1-12-14(3)24-20(15-6-4-7-16(22)10-15)26(21(12)28)11-19(27)25-18-9-5-8-17(23)13(18)2/h4-10H,11H2,1-3H3,(H,25,27). The minimum atomic E-state index is -0.346. The summed E-state index contributed by atoms with van der Waals surface area (Å²) in [6, 6.07) is 12.3. The van der Waals surface area contributed by atoms with E-state index in [9.17, 15) is 9.59 Å². The zero-order valence-corrected chi connectivity index (χ0v) is 17.2. The quantitative estimate of drug-likeness (QED) is 0.666. The molecule has 0 saturated carbocycles. The summed E-state index contributed by atoms with van der Waals surface area (Å²) in [5.41, 5.74) is 2.88. The zero-order valence-electron chi connectivity index (χ0n) is 15.7. The van der Waals surface area contributed by atoms with E-state index in [1.807, 2.05) is 6.92 Å². The number of aromatic nitrogens is 2. The van der Waals surface area contributed by atoms with Crippen LogP contribution in [-0.2, 0) is 11.3 Å². The lowest BCUT2D eigenvalue weighted by molar-refractivity contribution is -0.116. The number of halogens is 2. The third-order valence-corrected chi connectivity index (χ3v) is 5.21. The van der Waals surface area contributed by atoms with Gasteiger partial charge in [0, 0.05) is 32.6 Å². The Hall–Kier alpha value is -2.63. The van der Waals surface area contributed by atoms with Crippen LogP contribution in [0.25, 0.3) is 11.4 Å². The number of aryl methyl sites for hydroxylation is 1. The minimum absolute atomic E-state index is 0.180. The van der Waals surface area contributed by atoms with Crippen molar-refractivity contribution in [1.82, 2.24) is 9.55 Å². The van der Waals surface area contributed by atoms with Crippen molar-refractivity contribution >= 4 is 34.8 Å². The summed E-state index contributed by atoms with van der Waals surface area (Å²) in [5, 5.41) is 3.90. The predicted octanol–water partition coefficient (Wildman–Crippen LogP) is 4.78. The Bertz CT molecular complexity index is 1120. The van der Waals surface area contributed by atoms with Crippen LogP contribution in [0, 0.1) is 20.8 Å². The van der Waals surface area contributed by atoms with Crippen molar-refractivity contribution in [1.29, 1.82) is 0 Å². The van der Waals surface area contributed by atoms with Gasteiger partial charge in [0.25, 0.3) is 5.56 Å². The van der Waals surface area contributed by atoms with Gasteiger partial charge in [-0.25, -0.2) is 4.98 Å². The molecule has 0 bridgehead atoms. The maximum Gasteiger partial charge on any atom is 0.257 e. The molecule has 0 fully saturated rings. The first-order valence-corrected chi connectivity index (χ1v) is 9.42. The first-order valence-electron chi connectivity index (χ1n) is 8.67. The molecule has 0 saturated heterocycles. The molecule has 0 spiro atoms. The van der Waals surface area contributed by atoms with E-state index >= 15 is 0 Å². The zero-order chi connectivity index (χ0) is 20.4. The number of hydrogen-bond acceptors (Lipinski definition) is 3. The molecule has 1 N–H and O–H groups in total. The smallest absolute Gasteiger partial charge is 0.257 e. The molecule has 0 unspecified atom stereocenters. The average molecular weight is 416 g/mol. The van der Waals surface area contributed by atoms with Crippen molar-refractivity contribution in [2.75, 3.05) is 5.32 Å². The Kier molecular flexibility index (Phi) is 5.87. The molecule has 5 nitrogen and oxygen atoms in total. The third-order valence-electron chi connectivity index (χ3n) is 4.56. The van der Waals surface area contributed by atoms with Crippen LogP contribution < -0.4 is 10.9 Å². The van der Waals surface area contributed by atoms with Gasteiger partial charge in [0.1, 0.15) is 12.4 Å². The lowest BCUT2D eigenvalue weighted by Gasteiger charge is -2.15. The highest BCUT2D eigenvalue weighted by Gasteiger charge is 2.17. The summed E-state index contributed by atoms with van der Waals surface area (Å²) in [7, 11) is 0. The van der Waals surface area contributed by atoms with Gasteiger partial charge in [-0.15, -0.1) is 0 Å². The average Bonchev–Trinajstić information content (AvgIpc) is 2.66. The molecule has 3 aromatic rings. The summed E-state index contributed by atoms with van der Waals surface area (Å²) in [4.78, 5) is 30.1. The molecule has 0 aliphatic carbocycles. The molecule has 3 rings (SSSR count). The second kappa shape index (κ2) is 8.17. The van der Waals surface area contributed by atoms with Crippen LogP contribution in [-0.4, -0.2) is 15.5 Å². The molecular formula is C21H19Cl2N3O2. The van der Waals surface area contributed by atoms with Gasteiger partial charge in [0.15, 0.2) is 0 Å². The fourth-order valence-corrected chi connectivity index (χ4v) is 3.19. The molecule has 0 radical (unpaired) electrons. The van der Waals surface area contributed by atoms with Gasteiger partial charge in [-0.05, 0) is 50.6 Å². The van der Waals surface area contributed by atoms with Gasteiger partial charge < -0.3 is 5.32 Å². The second-order valence-corrected chi connectivity index (χ2v) is 7.35. The Morgan fingerprint density at radius 2 is 1.79 bits per heavy atom. The second-order valence-electron chi connectivity index (χ2n) is 6.51. The number of carbonyl (C=O) groups is 1. The number of benzene rings is 2. The van der Waals surface area contributed by atoms with Crippen molar-refractivity contribution in [3.8, 4) is 11.4 Å². The number of nitrogens with zero attached hydrogens (tertiary/aromatic N) is 2. The number of anilines is 1. The van der Waals surface area contributed by atoms with Crippen molar-refractivity contribution in [3.05, 3.63) is 79.7 Å². The first-order chi connectivity index (χ1) is 13.3. The van der Waals surface area contributed by atoms with Gasteiger partial charge >= 0.3 is 0 Å². The normalized spacial score (nSPS) is 10.8. The van der Waals surface area contributed by atoms with Gasteiger partial charge in [-0.2, -0.15) is 0 Å². The van der Waals surface area contributed by atoms with E-state index in [4.69, 9.17) is 23.2 Å². The Morgan fingerprint density at radius 1 is 1.07 bits per heavy atom. The van der Waals surface area contributed by atoms with E-state index in [0.717, 1.165) is 5.56 Å². The molecule has 28 heavy (non-hydrogen) atoms. The number of rotatable bonds is 4. The Morgan fingerprint density at radius 3 is 2.50 bits per heavy atom. The van der Waals surface area contributed by atoms with Gasteiger partial charge in [-0.3, -0.25) is 14.2 Å². The van der Waals surface area contributed by atoms with Gasteiger partial charge in [0.2, 0.25) is 5.91 Å². The van der Waals surface area contributed by atoms with Crippen molar-refractivity contribution in [2.45, 2.75) is 27.3 Å². The summed E-state index contributed by atoms with van der Waals surface area (Å²) >= 11 is 12.2. The highest BCUT2D eigenvalue weighted by atomic mass is 35.5. The topological polar surface area (TPSA) is 64.0 Å². The maximum atomic E-state index is 12.9. The number of amides is 1. The van der Waals surface area contributed by atoms with Crippen LogP contribution in [0.3, 0.4) is 0 Å². The minimum Gasteiger partial charge on any atom is -0.324 e. The third kappa shape index (κ3) is 4.11. The van der Waals surface area contributed by atoms with E-state index in [0.29, 0.717) is 38.4 Å². The van der Waals surface area contributed by atoms with E-state index in [-0.39, 0.29) is 18.0 Å². The highest BCUT2D eigenvalue weighted by molar-refractivity contribution is 6.31. The fraction of sp³-hybridized carbons (Fsp3) is 0.190. The molecule has 0 aliphatic rings. The van der Waals surface area contributed by atoms with Crippen molar-refractivity contribution < 1.29 is 4.79 Å². The Labute approximate surface area is 172 Å². The van der Waals surface area contributed by atoms with Gasteiger partial charge in [-0.1, -0.05) is 41.4 Å². The molecule has 1 amide bonds. The van der Waals surface area contributed by atoms with Crippen LogP contribution in [0.4, 0.5) is 5.69 Å². The maximum absolute atomic E-state index is 12.9. The summed E-state index contributed by atoms with van der Waals surface area (Å²) in [6.07, 6.45) is 0. The molecular weight excluding hydrogens is 397 g/mol. The van der Waals surface area contributed by atoms with Crippen LogP contribution in [0.2, 0.25) is 10.0 Å². The molecule has 1 heterocycles. The number of carbonyl (C=O) groups excluding carboxylic acids is 1. The molecule has 144 valence electrons. The summed E-state index contributed by atoms with van der Waals surface area (Å²) in [5.74, 6) is 0.0503. The monoisotopic (exact) mass is 415 g/mol. The van der Waals surface area contributed by atoms with Crippen LogP contribution in [0.15, 0.2) is 47.3 Å². The van der Waals surface area contributed by atoms with Crippen LogP contribution >= 0.6 is 23.2 Å². The summed E-state index contributed by atoms with van der Waals surface area (Å²) in [6.45, 7) is 5.10. The SMILES string of the molecule is Cc1nc(-c2cccc(Cl)c2)n(CC(=O)Nc2cccc(Cl)c2C)c(=O)c1C. The first kappa shape index (κ1) is 20.1. The number of hydrogen-bond donors (Lipinski definition) is 1. The fourth-order valence-electron chi connectivity index (χ4n) is 2.83. The van der Waals surface area contributed by atoms with E-state index in [2.05, 4.69) is 10.3 Å². The van der Waals surface area contributed by atoms with Crippen LogP contribution in [0.5, 0.6) is 0 Å². The number of nitrogens with one attached hydrogen (secondary N) is 1. The van der Waals surface area contributed by atoms with Gasteiger partial charge in [0.05, 0.1) is 0 Å². The summed E-state index contributed by atoms with van der Waals surface area (Å²) < 4.78 is 1.36. The van der Waals surface area contributed by atoms with Crippen molar-refractivity contribution in [3.63, 3.8) is 0 Å². The Balaban J connectivity index is 2.01. The van der Waals surface area contributed by atoms with E-state index in [1.54, 1.807) is 56.3 Å². The molecule has 0 aliphatic heterocycles. The predicted molar refractivity (Wildman–Crippen MR) is 113 cm³/mol. The molecule has 1 aromatic heterocycles. The largest absolute Gasteiger partial charge is 0.324 e. The molecule has 2 aromatic carbocycles. The molecule has 0 atom stereocenters. The lowest BCUT2D eigenvalue weighted by atomic mass is 10.1.